The van der Waals surface area contributed by atoms with Crippen LogP contribution < -0.4 is 5.73 Å². The molecule has 0 amide bonds. The van der Waals surface area contributed by atoms with Crippen molar-refractivity contribution in [3.63, 3.8) is 0 Å². The van der Waals surface area contributed by atoms with E-state index < -0.39 is 0 Å². The summed E-state index contributed by atoms with van der Waals surface area (Å²) in [7, 11) is 0. The molecule has 122 valence electrons. The smallest absolute Gasteiger partial charge is 0.0457 e. The first-order valence-corrected chi connectivity index (χ1v) is 9.45. The normalized spacial score (nSPS) is 14.4. The number of H-pyrrole nitrogens is 1. The molecule has 3 heteroatoms. The molecule has 1 aromatic heterocycles. The number of hydrogen-bond acceptors (Lipinski definition) is 1. The number of rotatable bonds is 9. The molecule has 1 heterocycles. The molecule has 22 heavy (non-hydrogen) atoms. The summed E-state index contributed by atoms with van der Waals surface area (Å²) in [5.74, 6) is 0.439. The van der Waals surface area contributed by atoms with E-state index in [1.54, 1.807) is 0 Å². The monoisotopic (exact) mass is 364 g/mol. The van der Waals surface area contributed by atoms with Crippen LogP contribution in [0, 0.1) is 0 Å². The molecule has 2 unspecified atom stereocenters. The van der Waals surface area contributed by atoms with Gasteiger partial charge in [-0.05, 0) is 37.1 Å². The van der Waals surface area contributed by atoms with Gasteiger partial charge in [-0.1, -0.05) is 61.4 Å². The fraction of sp³-hybridized carbons (Fsp3) is 0.579. The Bertz CT molecular complexity index is 574. The lowest BCUT2D eigenvalue weighted by Gasteiger charge is -2.20. The summed E-state index contributed by atoms with van der Waals surface area (Å²) in [6.07, 6.45) is 11.4. The lowest BCUT2D eigenvalue weighted by Crippen LogP contribution is -2.24. The zero-order valence-corrected chi connectivity index (χ0v) is 15.5. The third-order valence-electron chi connectivity index (χ3n) is 4.58. The first kappa shape index (κ1) is 17.6. The number of halogens is 1. The van der Waals surface area contributed by atoms with Crippen molar-refractivity contribution in [1.29, 1.82) is 0 Å². The van der Waals surface area contributed by atoms with Crippen LogP contribution >= 0.6 is 15.9 Å². The zero-order chi connectivity index (χ0) is 15.9. The van der Waals surface area contributed by atoms with Crippen LogP contribution in [0.5, 0.6) is 0 Å². The predicted molar refractivity (Wildman–Crippen MR) is 100 cm³/mol. The molecule has 0 aliphatic rings. The van der Waals surface area contributed by atoms with E-state index in [0.29, 0.717) is 5.92 Å². The molecule has 0 aliphatic carbocycles. The van der Waals surface area contributed by atoms with Crippen molar-refractivity contribution < 1.29 is 0 Å². The van der Waals surface area contributed by atoms with Crippen molar-refractivity contribution in [1.82, 2.24) is 4.98 Å². The fourth-order valence-corrected chi connectivity index (χ4v) is 3.63. The minimum absolute atomic E-state index is 0.189. The third-order valence-corrected chi connectivity index (χ3v) is 5.07. The van der Waals surface area contributed by atoms with Crippen LogP contribution in [0.25, 0.3) is 10.9 Å². The van der Waals surface area contributed by atoms with Crippen molar-refractivity contribution in [2.75, 3.05) is 0 Å². The Morgan fingerprint density at radius 3 is 2.59 bits per heavy atom. The van der Waals surface area contributed by atoms with Crippen LogP contribution in [0.4, 0.5) is 0 Å². The van der Waals surface area contributed by atoms with Gasteiger partial charge in [0.15, 0.2) is 0 Å². The lowest BCUT2D eigenvalue weighted by atomic mass is 9.87. The molecule has 2 rings (SSSR count). The Hall–Kier alpha value is -0.800. The zero-order valence-electron chi connectivity index (χ0n) is 13.9. The van der Waals surface area contributed by atoms with E-state index >= 15 is 0 Å². The summed E-state index contributed by atoms with van der Waals surface area (Å²) in [6.45, 7) is 4.40. The van der Waals surface area contributed by atoms with Gasteiger partial charge in [-0.2, -0.15) is 0 Å². The minimum Gasteiger partial charge on any atom is -0.361 e. The molecule has 0 spiro atoms. The summed E-state index contributed by atoms with van der Waals surface area (Å²) in [4.78, 5) is 3.39. The summed E-state index contributed by atoms with van der Waals surface area (Å²) < 4.78 is 1.13. The Morgan fingerprint density at radius 2 is 1.86 bits per heavy atom. The van der Waals surface area contributed by atoms with Gasteiger partial charge in [-0.25, -0.2) is 0 Å². The number of aromatic nitrogens is 1. The summed E-state index contributed by atoms with van der Waals surface area (Å²) in [5.41, 5.74) is 8.87. The van der Waals surface area contributed by atoms with Gasteiger partial charge in [0.25, 0.3) is 0 Å². The standard InChI is InChI=1S/C19H29BrN2/c1-3-4-5-6-7-8-9-16(14(2)21)18-13-22-19-11-10-15(20)12-17(18)19/h10-14,16,22H,3-9,21H2,1-2H3. The second-order valence-electron chi connectivity index (χ2n) is 6.46. The maximum Gasteiger partial charge on any atom is 0.0457 e. The van der Waals surface area contributed by atoms with Gasteiger partial charge in [0.2, 0.25) is 0 Å². The molecular weight excluding hydrogens is 336 g/mol. The molecule has 0 saturated carbocycles. The maximum atomic E-state index is 6.29. The molecule has 0 aliphatic heterocycles. The van der Waals surface area contributed by atoms with Crippen molar-refractivity contribution in [2.24, 2.45) is 5.73 Å². The number of unbranched alkanes of at least 4 members (excludes halogenated alkanes) is 5. The second kappa shape index (κ2) is 8.73. The van der Waals surface area contributed by atoms with E-state index in [4.69, 9.17) is 5.73 Å². The number of nitrogens with one attached hydrogen (secondary N) is 1. The molecule has 2 atom stereocenters. The van der Waals surface area contributed by atoms with E-state index in [0.717, 1.165) is 4.47 Å². The van der Waals surface area contributed by atoms with E-state index in [9.17, 15) is 0 Å². The Balaban J connectivity index is 2.02. The van der Waals surface area contributed by atoms with Gasteiger partial charge in [-0.3, -0.25) is 0 Å². The summed E-state index contributed by atoms with van der Waals surface area (Å²) in [6, 6.07) is 6.61. The fourth-order valence-electron chi connectivity index (χ4n) is 3.27. The van der Waals surface area contributed by atoms with Crippen molar-refractivity contribution >= 4 is 26.8 Å². The lowest BCUT2D eigenvalue weighted by molar-refractivity contribution is 0.490. The molecule has 1 aromatic carbocycles. The first-order valence-electron chi connectivity index (χ1n) is 8.65. The average Bonchev–Trinajstić information content (AvgIpc) is 2.89. The number of hydrogen-bond donors (Lipinski definition) is 2. The van der Waals surface area contributed by atoms with Gasteiger partial charge in [0, 0.05) is 33.5 Å². The predicted octanol–water partition coefficient (Wildman–Crippen LogP) is 6.11. The molecular formula is C19H29BrN2. The van der Waals surface area contributed by atoms with Crippen LogP contribution in [0.1, 0.15) is 70.3 Å². The van der Waals surface area contributed by atoms with E-state index in [2.05, 4.69) is 59.2 Å². The summed E-state index contributed by atoms with van der Waals surface area (Å²) >= 11 is 3.58. The molecule has 2 nitrogen and oxygen atoms in total. The Kier molecular flexibility index (Phi) is 6.97. The number of aromatic amines is 1. The van der Waals surface area contributed by atoms with E-state index in [1.165, 1.54) is 61.4 Å². The van der Waals surface area contributed by atoms with Gasteiger partial charge in [0.1, 0.15) is 0 Å². The van der Waals surface area contributed by atoms with Gasteiger partial charge in [0.05, 0.1) is 0 Å². The van der Waals surface area contributed by atoms with Crippen molar-refractivity contribution in [3.05, 3.63) is 34.4 Å². The maximum absolute atomic E-state index is 6.29. The molecule has 3 N–H and O–H groups in total. The summed E-state index contributed by atoms with van der Waals surface area (Å²) in [5, 5.41) is 1.31. The van der Waals surface area contributed by atoms with Crippen molar-refractivity contribution in [2.45, 2.75) is 70.8 Å². The minimum atomic E-state index is 0.189. The van der Waals surface area contributed by atoms with Crippen molar-refractivity contribution in [3.8, 4) is 0 Å². The Labute approximate surface area is 143 Å². The van der Waals surface area contributed by atoms with Crippen LogP contribution in [0.15, 0.2) is 28.9 Å². The van der Waals surface area contributed by atoms with Gasteiger partial charge < -0.3 is 10.7 Å². The number of benzene rings is 1. The quantitative estimate of drug-likeness (QED) is 0.517. The Morgan fingerprint density at radius 1 is 1.14 bits per heavy atom. The number of fused-ring (bicyclic) bond motifs is 1. The number of nitrogens with two attached hydrogens (primary N) is 1. The SMILES string of the molecule is CCCCCCCCC(c1c[nH]c2ccc(Br)cc12)C(C)N. The average molecular weight is 365 g/mol. The van der Waals surface area contributed by atoms with Crippen LogP contribution in [-0.2, 0) is 0 Å². The van der Waals surface area contributed by atoms with E-state index in [1.807, 2.05) is 0 Å². The largest absolute Gasteiger partial charge is 0.361 e. The second-order valence-corrected chi connectivity index (χ2v) is 7.37. The first-order chi connectivity index (χ1) is 10.6. The van der Waals surface area contributed by atoms with Crippen LogP contribution in [0.3, 0.4) is 0 Å². The highest BCUT2D eigenvalue weighted by molar-refractivity contribution is 9.10. The highest BCUT2D eigenvalue weighted by Gasteiger charge is 2.19. The third kappa shape index (κ3) is 4.60. The molecule has 0 saturated heterocycles. The molecule has 0 radical (unpaired) electrons. The molecule has 0 fully saturated rings. The van der Waals surface area contributed by atoms with Crippen LogP contribution in [0.2, 0.25) is 0 Å². The van der Waals surface area contributed by atoms with Crippen LogP contribution in [-0.4, -0.2) is 11.0 Å². The highest BCUT2D eigenvalue weighted by atomic mass is 79.9. The topological polar surface area (TPSA) is 41.8 Å². The van der Waals surface area contributed by atoms with Gasteiger partial charge >= 0.3 is 0 Å². The van der Waals surface area contributed by atoms with E-state index in [-0.39, 0.29) is 6.04 Å². The molecule has 2 aromatic rings. The van der Waals surface area contributed by atoms with Gasteiger partial charge in [-0.15, -0.1) is 0 Å². The molecule has 0 bridgehead atoms. The highest BCUT2D eigenvalue weighted by Crippen LogP contribution is 2.32.